The van der Waals surface area contributed by atoms with Crippen molar-refractivity contribution in [1.29, 1.82) is 0 Å². The van der Waals surface area contributed by atoms with E-state index in [1.54, 1.807) is 60.7 Å². The highest BCUT2D eigenvalue weighted by molar-refractivity contribution is 6.04. The van der Waals surface area contributed by atoms with E-state index >= 15 is 0 Å². The number of hydrogen-bond acceptors (Lipinski definition) is 6. The summed E-state index contributed by atoms with van der Waals surface area (Å²) in [6.07, 6.45) is -3.67. The molecule has 0 aliphatic carbocycles. The maximum absolute atomic E-state index is 13.7. The van der Waals surface area contributed by atoms with E-state index in [-0.39, 0.29) is 17.1 Å². The van der Waals surface area contributed by atoms with Crippen molar-refractivity contribution in [3.05, 3.63) is 102 Å². The van der Waals surface area contributed by atoms with Gasteiger partial charge in [0.1, 0.15) is 11.9 Å². The molecule has 2 unspecified atom stereocenters. The van der Waals surface area contributed by atoms with Gasteiger partial charge in [-0.05, 0) is 48.5 Å². The predicted octanol–water partition coefficient (Wildman–Crippen LogP) is 5.63. The summed E-state index contributed by atoms with van der Waals surface area (Å²) >= 11 is 0. The molecular weight excluding hydrogens is 523 g/mol. The first-order valence-electron chi connectivity index (χ1n) is 12.5. The van der Waals surface area contributed by atoms with Crippen LogP contribution < -0.4 is 15.1 Å². The molecule has 6 rings (SSSR count). The van der Waals surface area contributed by atoms with Gasteiger partial charge in [-0.3, -0.25) is 10.2 Å². The molecule has 2 bridgehead atoms. The number of esters is 1. The first-order chi connectivity index (χ1) is 19.3. The summed E-state index contributed by atoms with van der Waals surface area (Å²) in [5, 5.41) is 2.76. The third-order valence-electron chi connectivity index (χ3n) is 6.86. The summed E-state index contributed by atoms with van der Waals surface area (Å²) in [6, 6.07) is 20.6. The molecule has 2 aromatic carbocycles. The third kappa shape index (κ3) is 4.81. The number of alkyl halides is 3. The van der Waals surface area contributed by atoms with Crippen molar-refractivity contribution in [3.63, 3.8) is 0 Å². The number of nitrogens with one attached hydrogen (secondary N) is 1. The number of rotatable bonds is 4. The molecule has 11 heteroatoms. The van der Waals surface area contributed by atoms with Crippen molar-refractivity contribution in [2.75, 3.05) is 28.2 Å². The normalized spacial score (nSPS) is 17.8. The minimum Gasteiger partial charge on any atom is -0.455 e. The average molecular weight is 546 g/mol. The van der Waals surface area contributed by atoms with E-state index in [4.69, 9.17) is 4.74 Å². The molecule has 2 atom stereocenters. The molecule has 2 aromatic heterocycles. The molecule has 2 amide bonds. The van der Waals surface area contributed by atoms with Gasteiger partial charge in [-0.1, -0.05) is 36.4 Å². The van der Waals surface area contributed by atoms with E-state index in [1.165, 1.54) is 23.2 Å². The second kappa shape index (κ2) is 9.99. The number of carbonyl (C=O) groups is 2. The molecule has 1 fully saturated rings. The zero-order chi connectivity index (χ0) is 27.9. The fraction of sp³-hybridized carbons (Fsp3) is 0.172. The number of halogens is 3. The molecule has 2 aliphatic rings. The molecule has 4 aromatic rings. The third-order valence-corrected chi connectivity index (χ3v) is 6.86. The summed E-state index contributed by atoms with van der Waals surface area (Å²) in [5.41, 5.74) is 0.696. The summed E-state index contributed by atoms with van der Waals surface area (Å²) in [4.78, 5) is 38.8. The van der Waals surface area contributed by atoms with Gasteiger partial charge in [0.05, 0.1) is 35.1 Å². The van der Waals surface area contributed by atoms with Crippen LogP contribution in [0, 0.1) is 0 Å². The maximum atomic E-state index is 13.7. The molecule has 40 heavy (non-hydrogen) atoms. The molecule has 1 N–H and O–H groups in total. The monoisotopic (exact) mass is 545 g/mol. The Morgan fingerprint density at radius 2 is 1.73 bits per heavy atom. The van der Waals surface area contributed by atoms with Crippen molar-refractivity contribution < 1.29 is 27.5 Å². The Hall–Kier alpha value is -4.93. The maximum Gasteiger partial charge on any atom is 0.416 e. The average Bonchev–Trinajstić information content (AvgIpc) is 3.31. The lowest BCUT2D eigenvalue weighted by Crippen LogP contribution is -2.52. The van der Waals surface area contributed by atoms with Gasteiger partial charge in [0.25, 0.3) is 0 Å². The lowest BCUT2D eigenvalue weighted by Gasteiger charge is -2.36. The summed E-state index contributed by atoms with van der Waals surface area (Å²) in [5.74, 6) is 0.0327. The number of nitrogens with zero attached hydrogens (tertiary/aromatic N) is 4. The molecule has 0 saturated carbocycles. The van der Waals surface area contributed by atoms with Crippen molar-refractivity contribution in [1.82, 2.24) is 9.97 Å². The van der Waals surface area contributed by atoms with Crippen molar-refractivity contribution in [2.24, 2.45) is 0 Å². The number of amides is 2. The van der Waals surface area contributed by atoms with E-state index in [2.05, 4.69) is 15.3 Å². The minimum absolute atomic E-state index is 0.248. The van der Waals surface area contributed by atoms with Crippen LogP contribution in [-0.2, 0) is 10.9 Å². The van der Waals surface area contributed by atoms with Gasteiger partial charge in [0.15, 0.2) is 5.82 Å². The summed E-state index contributed by atoms with van der Waals surface area (Å²) in [7, 11) is 0. The van der Waals surface area contributed by atoms with Crippen LogP contribution in [0.3, 0.4) is 0 Å². The van der Waals surface area contributed by atoms with Crippen LogP contribution in [0.5, 0.6) is 0 Å². The van der Waals surface area contributed by atoms with Gasteiger partial charge < -0.3 is 9.64 Å². The van der Waals surface area contributed by atoms with Crippen LogP contribution >= 0.6 is 0 Å². The molecule has 202 valence electrons. The van der Waals surface area contributed by atoms with Crippen LogP contribution in [0.4, 0.5) is 35.3 Å². The Morgan fingerprint density at radius 1 is 0.925 bits per heavy atom. The number of urea groups is 1. The zero-order valence-electron chi connectivity index (χ0n) is 20.9. The van der Waals surface area contributed by atoms with E-state index in [0.29, 0.717) is 30.2 Å². The quantitative estimate of drug-likeness (QED) is 0.335. The molecule has 8 nitrogen and oxygen atoms in total. The Morgan fingerprint density at radius 3 is 2.48 bits per heavy atom. The van der Waals surface area contributed by atoms with Crippen LogP contribution in [0.15, 0.2) is 91.1 Å². The number of aromatic nitrogens is 2. The fourth-order valence-corrected chi connectivity index (χ4v) is 4.99. The number of pyridine rings is 2. The molecule has 2 aliphatic heterocycles. The smallest absolute Gasteiger partial charge is 0.416 e. The number of ether oxygens (including phenoxy) is 1. The molecular formula is C29H22F3N5O3. The fourth-order valence-electron chi connectivity index (χ4n) is 4.99. The minimum atomic E-state index is -4.51. The van der Waals surface area contributed by atoms with Crippen LogP contribution in [0.2, 0.25) is 0 Å². The Kier molecular flexibility index (Phi) is 6.33. The van der Waals surface area contributed by atoms with E-state index < -0.39 is 35.9 Å². The second-order valence-electron chi connectivity index (χ2n) is 9.42. The second-order valence-corrected chi connectivity index (χ2v) is 9.42. The Balaban J connectivity index is 1.38. The summed E-state index contributed by atoms with van der Waals surface area (Å²) in [6.45, 7) is 0.689. The van der Waals surface area contributed by atoms with Crippen molar-refractivity contribution in [3.8, 4) is 11.3 Å². The van der Waals surface area contributed by atoms with Crippen LogP contribution in [0.25, 0.3) is 11.3 Å². The Bertz CT molecular complexity index is 1570. The van der Waals surface area contributed by atoms with Gasteiger partial charge >= 0.3 is 18.2 Å². The molecule has 1 saturated heterocycles. The first kappa shape index (κ1) is 25.4. The number of benzene rings is 2. The van der Waals surface area contributed by atoms with Crippen molar-refractivity contribution in [2.45, 2.75) is 18.3 Å². The predicted molar refractivity (Wildman–Crippen MR) is 142 cm³/mol. The molecule has 0 spiro atoms. The SMILES string of the molecule is O=C(OC1CN2CC1N(C(=O)Nc1ccccn1)c1nc(-c3cccc(C(F)(F)F)c3)ccc12)c1ccccc1. The van der Waals surface area contributed by atoms with Gasteiger partial charge in [-0.25, -0.2) is 19.6 Å². The number of fused-ring (bicyclic) bond motifs is 4. The van der Waals surface area contributed by atoms with Crippen molar-refractivity contribution >= 4 is 29.3 Å². The van der Waals surface area contributed by atoms with E-state index in [9.17, 15) is 22.8 Å². The highest BCUT2D eigenvalue weighted by atomic mass is 19.4. The lowest BCUT2D eigenvalue weighted by molar-refractivity contribution is -0.137. The van der Waals surface area contributed by atoms with Crippen LogP contribution in [-0.4, -0.2) is 47.2 Å². The Labute approximate surface area is 227 Å². The van der Waals surface area contributed by atoms with Crippen LogP contribution in [0.1, 0.15) is 15.9 Å². The van der Waals surface area contributed by atoms with Gasteiger partial charge in [-0.15, -0.1) is 0 Å². The summed E-state index contributed by atoms with van der Waals surface area (Å²) < 4.78 is 46.0. The van der Waals surface area contributed by atoms with Gasteiger partial charge in [-0.2, -0.15) is 13.2 Å². The standard InChI is InChI=1S/C29H22F3N5O3/c30-29(31,32)20-10-6-9-19(15-20)21-12-13-22-26(34-21)37(28(39)35-25-11-4-5-14-33-25)23-16-36(22)17-24(23)40-27(38)18-7-2-1-3-8-18/h1-15,23-24H,16-17H2,(H,33,35,39). The number of carbonyl (C=O) groups excluding carboxylic acids is 2. The van der Waals surface area contributed by atoms with Gasteiger partial charge in [0.2, 0.25) is 0 Å². The molecule has 0 radical (unpaired) electrons. The number of anilines is 3. The largest absolute Gasteiger partial charge is 0.455 e. The zero-order valence-corrected chi connectivity index (χ0v) is 20.9. The van der Waals surface area contributed by atoms with E-state index in [0.717, 1.165) is 12.1 Å². The van der Waals surface area contributed by atoms with E-state index in [1.807, 2.05) is 4.90 Å². The molecule has 4 heterocycles. The first-order valence-corrected chi connectivity index (χ1v) is 12.5. The lowest BCUT2D eigenvalue weighted by atomic mass is 10.1. The van der Waals surface area contributed by atoms with Gasteiger partial charge in [0, 0.05) is 18.3 Å². The number of hydrogen-bond donors (Lipinski definition) is 1. The highest BCUT2D eigenvalue weighted by Gasteiger charge is 2.48. The highest BCUT2D eigenvalue weighted by Crippen LogP contribution is 2.42. The topological polar surface area (TPSA) is 87.7 Å².